The molecule has 20 heavy (non-hydrogen) atoms. The van der Waals surface area contributed by atoms with E-state index in [2.05, 4.69) is 11.2 Å². The highest BCUT2D eigenvalue weighted by molar-refractivity contribution is 7.91. The van der Waals surface area contributed by atoms with Gasteiger partial charge in [-0.05, 0) is 36.3 Å². The van der Waals surface area contributed by atoms with E-state index in [4.69, 9.17) is 6.42 Å². The molecule has 1 heterocycles. The lowest BCUT2D eigenvalue weighted by molar-refractivity contribution is 0.447. The van der Waals surface area contributed by atoms with E-state index in [0.717, 1.165) is 18.5 Å². The van der Waals surface area contributed by atoms with Crippen LogP contribution in [0, 0.1) is 12.3 Å². The highest BCUT2D eigenvalue weighted by atomic mass is 32.2. The number of nitrogens with zero attached hydrogens (tertiary/aromatic N) is 1. The van der Waals surface area contributed by atoms with Crippen LogP contribution in [0.15, 0.2) is 15.7 Å². The summed E-state index contributed by atoms with van der Waals surface area (Å²) in [6, 6.07) is 2.38. The van der Waals surface area contributed by atoms with Crippen LogP contribution >= 0.6 is 11.3 Å². The van der Waals surface area contributed by atoms with Crippen LogP contribution in [0.2, 0.25) is 0 Å². The fraction of sp³-hybridized carbons (Fsp3) is 0.571. The van der Waals surface area contributed by atoms with Gasteiger partial charge in [0.1, 0.15) is 4.21 Å². The zero-order valence-corrected chi connectivity index (χ0v) is 13.3. The predicted octanol–water partition coefficient (Wildman–Crippen LogP) is 2.03. The van der Waals surface area contributed by atoms with Gasteiger partial charge in [0.2, 0.25) is 0 Å². The number of nitrogens with one attached hydrogen (secondary N) is 1. The molecule has 1 N–H and O–H groups in total. The quantitative estimate of drug-likeness (QED) is 0.747. The van der Waals surface area contributed by atoms with Gasteiger partial charge in [0.15, 0.2) is 0 Å². The molecule has 1 aliphatic carbocycles. The molecule has 1 aromatic rings. The minimum absolute atomic E-state index is 0.129. The maximum Gasteiger partial charge on any atom is 0.253 e. The topological polar surface area (TPSA) is 49.4 Å². The van der Waals surface area contributed by atoms with Gasteiger partial charge >= 0.3 is 0 Å². The normalized spacial score (nSPS) is 15.4. The second-order valence-electron chi connectivity index (χ2n) is 4.97. The number of terminal acetylenes is 1. The van der Waals surface area contributed by atoms with Crippen LogP contribution in [0.3, 0.4) is 0 Å². The van der Waals surface area contributed by atoms with E-state index < -0.39 is 10.0 Å². The molecule has 0 saturated heterocycles. The highest BCUT2D eigenvalue weighted by Crippen LogP contribution is 2.25. The number of hydrogen-bond acceptors (Lipinski definition) is 4. The van der Waals surface area contributed by atoms with Crippen LogP contribution in [-0.2, 0) is 16.6 Å². The Morgan fingerprint density at radius 3 is 2.90 bits per heavy atom. The number of rotatable bonds is 8. The molecule has 2 rings (SSSR count). The van der Waals surface area contributed by atoms with Gasteiger partial charge in [-0.15, -0.1) is 17.8 Å². The van der Waals surface area contributed by atoms with E-state index >= 15 is 0 Å². The second kappa shape index (κ2) is 6.72. The van der Waals surface area contributed by atoms with Gasteiger partial charge in [0, 0.05) is 19.1 Å². The lowest BCUT2D eigenvalue weighted by Crippen LogP contribution is -2.31. The predicted molar refractivity (Wildman–Crippen MR) is 82.1 cm³/mol. The van der Waals surface area contributed by atoms with E-state index in [0.29, 0.717) is 16.8 Å². The fourth-order valence-electron chi connectivity index (χ4n) is 1.89. The van der Waals surface area contributed by atoms with Gasteiger partial charge in [-0.3, -0.25) is 0 Å². The molecule has 0 atom stereocenters. The molecule has 1 aromatic heterocycles. The molecule has 0 bridgehead atoms. The maximum absolute atomic E-state index is 12.5. The Balaban J connectivity index is 2.08. The van der Waals surface area contributed by atoms with Gasteiger partial charge < -0.3 is 5.32 Å². The molecule has 1 aliphatic rings. The number of sulfonamides is 1. The Labute approximate surface area is 125 Å². The molecule has 0 amide bonds. The first-order valence-electron chi connectivity index (χ1n) is 6.82. The summed E-state index contributed by atoms with van der Waals surface area (Å²) in [6.07, 6.45) is 8.47. The standard InChI is InChI=1S/C14H20N2O2S2/c1-3-7-16(8-4-2)20(17,18)14-9-12(11-19-14)10-15-13-5-6-13/h1,9,11,13,15H,4-8,10H2,2H3. The van der Waals surface area contributed by atoms with Crippen molar-refractivity contribution in [2.45, 2.75) is 43.0 Å². The van der Waals surface area contributed by atoms with Crippen molar-refractivity contribution in [2.75, 3.05) is 13.1 Å². The molecule has 0 radical (unpaired) electrons. The van der Waals surface area contributed by atoms with E-state index in [-0.39, 0.29) is 6.54 Å². The van der Waals surface area contributed by atoms with E-state index in [9.17, 15) is 8.42 Å². The lowest BCUT2D eigenvalue weighted by Gasteiger charge is -2.17. The summed E-state index contributed by atoms with van der Waals surface area (Å²) < 4.78 is 26.7. The zero-order valence-electron chi connectivity index (χ0n) is 11.6. The third-order valence-corrected chi connectivity index (χ3v) is 6.45. The molecule has 0 aromatic carbocycles. The van der Waals surface area contributed by atoms with Gasteiger partial charge in [-0.2, -0.15) is 4.31 Å². The minimum Gasteiger partial charge on any atom is -0.310 e. The Bertz CT molecular complexity index is 583. The number of hydrogen-bond donors (Lipinski definition) is 1. The van der Waals surface area contributed by atoms with Crippen LogP contribution in [0.4, 0.5) is 0 Å². The van der Waals surface area contributed by atoms with E-state index in [1.807, 2.05) is 12.3 Å². The van der Waals surface area contributed by atoms with Crippen LogP contribution in [0.5, 0.6) is 0 Å². The number of thiophene rings is 1. The van der Waals surface area contributed by atoms with E-state index in [1.54, 1.807) is 6.07 Å². The van der Waals surface area contributed by atoms with Gasteiger partial charge in [-0.1, -0.05) is 12.8 Å². The summed E-state index contributed by atoms with van der Waals surface area (Å²) in [5.41, 5.74) is 1.03. The molecular formula is C14H20N2O2S2. The smallest absolute Gasteiger partial charge is 0.253 e. The molecule has 110 valence electrons. The Kier molecular flexibility index (Phi) is 5.22. The first-order chi connectivity index (χ1) is 9.57. The Hall–Kier alpha value is -0.870. The molecule has 0 unspecified atom stereocenters. The van der Waals surface area contributed by atoms with Crippen molar-refractivity contribution >= 4 is 21.4 Å². The molecule has 0 spiro atoms. The fourth-order valence-corrected chi connectivity index (χ4v) is 4.70. The van der Waals surface area contributed by atoms with Gasteiger partial charge in [0.05, 0.1) is 6.54 Å². The van der Waals surface area contributed by atoms with Crippen molar-refractivity contribution in [3.8, 4) is 12.3 Å². The van der Waals surface area contributed by atoms with Crippen molar-refractivity contribution < 1.29 is 8.42 Å². The second-order valence-corrected chi connectivity index (χ2v) is 8.05. The van der Waals surface area contributed by atoms with Crippen LogP contribution in [-0.4, -0.2) is 31.9 Å². The average molecular weight is 312 g/mol. The summed E-state index contributed by atoms with van der Waals surface area (Å²) in [6.45, 7) is 3.27. The summed E-state index contributed by atoms with van der Waals surface area (Å²) in [7, 11) is -3.45. The van der Waals surface area contributed by atoms with Crippen molar-refractivity contribution in [2.24, 2.45) is 0 Å². The summed E-state index contributed by atoms with van der Waals surface area (Å²) in [5.74, 6) is 2.42. The minimum atomic E-state index is -3.45. The average Bonchev–Trinajstić information content (AvgIpc) is 3.12. The van der Waals surface area contributed by atoms with Crippen molar-refractivity contribution in [3.05, 3.63) is 17.0 Å². The van der Waals surface area contributed by atoms with Crippen LogP contribution in [0.25, 0.3) is 0 Å². The third-order valence-electron chi connectivity index (χ3n) is 3.14. The largest absolute Gasteiger partial charge is 0.310 e. The Morgan fingerprint density at radius 2 is 2.30 bits per heavy atom. The summed E-state index contributed by atoms with van der Waals surface area (Å²) in [5, 5.41) is 5.29. The first kappa shape index (κ1) is 15.5. The van der Waals surface area contributed by atoms with Crippen LogP contribution in [0.1, 0.15) is 31.7 Å². The monoisotopic (exact) mass is 312 g/mol. The van der Waals surface area contributed by atoms with Crippen molar-refractivity contribution in [1.29, 1.82) is 0 Å². The van der Waals surface area contributed by atoms with Crippen molar-refractivity contribution in [3.63, 3.8) is 0 Å². The van der Waals surface area contributed by atoms with Crippen molar-refractivity contribution in [1.82, 2.24) is 9.62 Å². The lowest BCUT2D eigenvalue weighted by atomic mass is 10.3. The molecule has 6 heteroatoms. The maximum atomic E-state index is 12.5. The summed E-state index contributed by atoms with van der Waals surface area (Å²) in [4.78, 5) is 0. The highest BCUT2D eigenvalue weighted by Gasteiger charge is 2.25. The third kappa shape index (κ3) is 3.83. The van der Waals surface area contributed by atoms with Crippen LogP contribution < -0.4 is 5.32 Å². The molecule has 0 aliphatic heterocycles. The van der Waals surface area contributed by atoms with Gasteiger partial charge in [0.25, 0.3) is 10.0 Å². The molecule has 1 fully saturated rings. The molecule has 4 nitrogen and oxygen atoms in total. The van der Waals surface area contributed by atoms with E-state index in [1.165, 1.54) is 28.5 Å². The molecule has 1 saturated carbocycles. The molecular weight excluding hydrogens is 292 g/mol. The first-order valence-corrected chi connectivity index (χ1v) is 9.14. The zero-order chi connectivity index (χ0) is 14.6. The Morgan fingerprint density at radius 1 is 1.55 bits per heavy atom. The summed E-state index contributed by atoms with van der Waals surface area (Å²) >= 11 is 1.27. The SMILES string of the molecule is C#CCN(CCC)S(=O)(=O)c1cc(CNC2CC2)cs1. The van der Waals surface area contributed by atoms with Gasteiger partial charge in [-0.25, -0.2) is 8.42 Å².